The third-order valence-electron chi connectivity index (χ3n) is 5.81. The quantitative estimate of drug-likeness (QED) is 0.236. The van der Waals surface area contributed by atoms with Crippen molar-refractivity contribution in [3.05, 3.63) is 74.6 Å². The summed E-state index contributed by atoms with van der Waals surface area (Å²) in [5.41, 5.74) is 0.629. The molecule has 1 saturated heterocycles. The van der Waals surface area contributed by atoms with Crippen LogP contribution in [0.25, 0.3) is 21.2 Å². The summed E-state index contributed by atoms with van der Waals surface area (Å²) in [5.74, 6) is -0.443. The zero-order valence-corrected chi connectivity index (χ0v) is 20.1. The van der Waals surface area contributed by atoms with Crippen LogP contribution in [-0.2, 0) is 0 Å². The van der Waals surface area contributed by atoms with E-state index in [0.717, 1.165) is 41.5 Å². The largest absolute Gasteiger partial charge is 0.422 e. The number of carbonyl (C=O) groups excluding carboxylic acids is 1. The van der Waals surface area contributed by atoms with Gasteiger partial charge in [-0.15, -0.1) is 12.4 Å². The molecule has 1 amide bonds. The van der Waals surface area contributed by atoms with Crippen LogP contribution in [0.2, 0.25) is 0 Å². The molecule has 1 fully saturated rings. The van der Waals surface area contributed by atoms with Gasteiger partial charge in [0.15, 0.2) is 5.13 Å². The Morgan fingerprint density at radius 2 is 1.91 bits per heavy atom. The van der Waals surface area contributed by atoms with Gasteiger partial charge in [0.1, 0.15) is 11.1 Å². The van der Waals surface area contributed by atoms with Crippen molar-refractivity contribution in [3.63, 3.8) is 0 Å². The highest BCUT2D eigenvalue weighted by molar-refractivity contribution is 7.22. The van der Waals surface area contributed by atoms with Gasteiger partial charge in [-0.2, -0.15) is 0 Å². The second kappa shape index (κ2) is 10.4. The van der Waals surface area contributed by atoms with Crippen LogP contribution in [0, 0.1) is 10.1 Å². The molecule has 0 spiro atoms. The van der Waals surface area contributed by atoms with Crippen molar-refractivity contribution in [1.29, 1.82) is 0 Å². The summed E-state index contributed by atoms with van der Waals surface area (Å²) in [6, 6.07) is 13.4. The normalized spacial score (nSPS) is 14.1. The second-order valence-corrected chi connectivity index (χ2v) is 8.98. The van der Waals surface area contributed by atoms with Crippen LogP contribution >= 0.6 is 23.7 Å². The van der Waals surface area contributed by atoms with E-state index in [2.05, 4.69) is 20.1 Å². The summed E-state index contributed by atoms with van der Waals surface area (Å²) in [7, 11) is 0. The molecule has 0 unspecified atom stereocenters. The Balaban J connectivity index is 0.00000289. The van der Waals surface area contributed by atoms with Gasteiger partial charge in [0.05, 0.1) is 15.1 Å². The number of benzene rings is 2. The number of nitrogens with zero attached hydrogens (tertiary/aromatic N) is 4. The number of fused-ring (bicyclic) bond motifs is 2. The van der Waals surface area contributed by atoms with Crippen molar-refractivity contribution in [1.82, 2.24) is 15.2 Å². The molecule has 3 heterocycles. The zero-order valence-electron chi connectivity index (χ0n) is 18.5. The molecule has 182 valence electrons. The number of aromatic nitrogens is 1. The van der Waals surface area contributed by atoms with Gasteiger partial charge in [0.2, 0.25) is 0 Å². The van der Waals surface area contributed by atoms with Gasteiger partial charge in [-0.25, -0.2) is 9.78 Å². The molecule has 0 radical (unpaired) electrons. The number of hydrogen-bond donors (Lipinski definition) is 1. The zero-order chi connectivity index (χ0) is 23.7. The third-order valence-corrected chi connectivity index (χ3v) is 6.89. The third kappa shape index (κ3) is 5.26. The lowest BCUT2D eigenvalue weighted by Gasteiger charge is -2.34. The monoisotopic (exact) mass is 515 g/mol. The number of non-ortho nitro benzene ring substituents is 1. The topological polar surface area (TPSA) is 122 Å². The molecule has 10 nitrogen and oxygen atoms in total. The molecule has 0 saturated carbocycles. The highest BCUT2D eigenvalue weighted by atomic mass is 35.5. The molecule has 0 atom stereocenters. The lowest BCUT2D eigenvalue weighted by atomic mass is 10.2. The SMILES string of the molecule is Cl.O=C(NCCN1CCN(c2nc3ccc([N+](=O)[O-])cc3s2)CC1)c1cc2ccccc2oc1=O. The molecule has 0 bridgehead atoms. The fraction of sp³-hybridized carbons (Fsp3) is 0.261. The van der Waals surface area contributed by atoms with E-state index in [1.807, 2.05) is 6.07 Å². The van der Waals surface area contributed by atoms with Crippen LogP contribution < -0.4 is 15.8 Å². The number of para-hydroxylation sites is 1. The summed E-state index contributed by atoms with van der Waals surface area (Å²) in [6.45, 7) is 4.20. The maximum Gasteiger partial charge on any atom is 0.349 e. The maximum atomic E-state index is 12.5. The minimum Gasteiger partial charge on any atom is -0.422 e. The number of anilines is 1. The van der Waals surface area contributed by atoms with E-state index in [4.69, 9.17) is 4.42 Å². The minimum absolute atomic E-state index is 0. The van der Waals surface area contributed by atoms with Crippen LogP contribution in [0.3, 0.4) is 0 Å². The van der Waals surface area contributed by atoms with E-state index in [-0.39, 0.29) is 23.7 Å². The number of nitrogens with one attached hydrogen (secondary N) is 1. The molecule has 5 rings (SSSR count). The molecule has 12 heteroatoms. The smallest absolute Gasteiger partial charge is 0.349 e. The Morgan fingerprint density at radius 3 is 2.69 bits per heavy atom. The van der Waals surface area contributed by atoms with Gasteiger partial charge in [0.25, 0.3) is 11.6 Å². The number of nitro groups is 1. The summed E-state index contributed by atoms with van der Waals surface area (Å²) in [6.07, 6.45) is 0. The Hall–Kier alpha value is -3.54. The fourth-order valence-electron chi connectivity index (χ4n) is 3.96. The Kier molecular flexibility index (Phi) is 7.29. The molecule has 1 aliphatic rings. The van der Waals surface area contributed by atoms with Crippen molar-refractivity contribution >= 4 is 61.7 Å². The first-order chi connectivity index (χ1) is 16.5. The number of piperazine rings is 1. The first kappa shape index (κ1) is 24.6. The van der Waals surface area contributed by atoms with E-state index in [1.54, 1.807) is 36.4 Å². The number of amides is 1. The van der Waals surface area contributed by atoms with E-state index >= 15 is 0 Å². The molecule has 1 aliphatic heterocycles. The number of halogens is 1. The number of hydrogen-bond acceptors (Lipinski definition) is 9. The molecule has 4 aromatic rings. The van der Waals surface area contributed by atoms with E-state index < -0.39 is 16.5 Å². The summed E-state index contributed by atoms with van der Waals surface area (Å²) in [4.78, 5) is 44.3. The number of rotatable bonds is 6. The highest BCUT2D eigenvalue weighted by Crippen LogP contribution is 2.31. The lowest BCUT2D eigenvalue weighted by molar-refractivity contribution is -0.384. The van der Waals surface area contributed by atoms with Gasteiger partial charge in [-0.1, -0.05) is 29.5 Å². The molecule has 0 aliphatic carbocycles. The Labute approximate surface area is 209 Å². The van der Waals surface area contributed by atoms with Crippen LogP contribution in [0.4, 0.5) is 10.8 Å². The van der Waals surface area contributed by atoms with Crippen molar-refractivity contribution in [3.8, 4) is 0 Å². The first-order valence-electron chi connectivity index (χ1n) is 10.8. The molecule has 35 heavy (non-hydrogen) atoms. The van der Waals surface area contributed by atoms with Gasteiger partial charge in [-0.3, -0.25) is 19.8 Å². The van der Waals surface area contributed by atoms with Crippen molar-refractivity contribution in [2.75, 3.05) is 44.2 Å². The summed E-state index contributed by atoms with van der Waals surface area (Å²) in [5, 5.41) is 15.4. The van der Waals surface area contributed by atoms with Crippen LogP contribution in [0.1, 0.15) is 10.4 Å². The highest BCUT2D eigenvalue weighted by Gasteiger charge is 2.21. The van der Waals surface area contributed by atoms with Crippen LogP contribution in [0.15, 0.2) is 57.7 Å². The van der Waals surface area contributed by atoms with Crippen LogP contribution in [0.5, 0.6) is 0 Å². The van der Waals surface area contributed by atoms with E-state index in [1.165, 1.54) is 17.4 Å². The molecule has 2 aromatic heterocycles. The average molecular weight is 516 g/mol. The second-order valence-electron chi connectivity index (χ2n) is 7.98. The van der Waals surface area contributed by atoms with Gasteiger partial charge < -0.3 is 14.6 Å². The Bertz CT molecular complexity index is 1450. The summed E-state index contributed by atoms with van der Waals surface area (Å²) >= 11 is 1.45. The predicted molar refractivity (Wildman–Crippen MR) is 137 cm³/mol. The number of nitro benzene ring substituents is 1. The van der Waals surface area contributed by atoms with Gasteiger partial charge in [0, 0.05) is 56.8 Å². The van der Waals surface area contributed by atoms with Gasteiger partial charge >= 0.3 is 5.63 Å². The molecular weight excluding hydrogens is 494 g/mol. The average Bonchev–Trinajstić information content (AvgIpc) is 3.27. The number of thiazole rings is 1. The van der Waals surface area contributed by atoms with E-state index in [9.17, 15) is 19.7 Å². The number of carbonyl (C=O) groups is 1. The van der Waals surface area contributed by atoms with E-state index in [0.29, 0.717) is 24.1 Å². The van der Waals surface area contributed by atoms with Crippen molar-refractivity contribution in [2.45, 2.75) is 0 Å². The summed E-state index contributed by atoms with van der Waals surface area (Å²) < 4.78 is 6.03. The van der Waals surface area contributed by atoms with Crippen molar-refractivity contribution < 1.29 is 14.1 Å². The van der Waals surface area contributed by atoms with Gasteiger partial charge in [-0.05, 0) is 18.2 Å². The Morgan fingerprint density at radius 1 is 1.14 bits per heavy atom. The van der Waals surface area contributed by atoms with Crippen molar-refractivity contribution in [2.24, 2.45) is 0 Å². The standard InChI is InChI=1S/C23H21N5O5S.ClH/c29-21(17-13-15-3-1-2-4-19(15)33-22(17)30)24-7-8-26-9-11-27(12-10-26)23-25-18-6-5-16(28(31)32)14-20(18)34-23;/h1-6,13-14H,7-12H2,(H,24,29);1H. The van der Waals surface area contributed by atoms with Crippen LogP contribution in [-0.4, -0.2) is 60.0 Å². The molecule has 1 N–H and O–H groups in total. The maximum absolute atomic E-state index is 12.5. The molecular formula is C23H22ClN5O5S. The predicted octanol–water partition coefficient (Wildman–Crippen LogP) is 3.28. The fourth-order valence-corrected chi connectivity index (χ4v) is 5.01. The first-order valence-corrected chi connectivity index (χ1v) is 11.6. The molecule has 2 aromatic carbocycles. The minimum atomic E-state index is -0.647. The lowest BCUT2D eigenvalue weighted by Crippen LogP contribution is -2.48.